The summed E-state index contributed by atoms with van der Waals surface area (Å²) in [5, 5.41) is 19.9. The lowest BCUT2D eigenvalue weighted by atomic mass is 10.1. The van der Waals surface area contributed by atoms with Gasteiger partial charge in [0.15, 0.2) is 5.75 Å². The molecule has 2 aromatic rings. The average molecular weight is 315 g/mol. The number of rotatable bonds is 7. The molecule has 6 nitrogen and oxygen atoms in total. The summed E-state index contributed by atoms with van der Waals surface area (Å²) in [6, 6.07) is 12.2. The van der Waals surface area contributed by atoms with Crippen molar-refractivity contribution in [2.45, 2.75) is 26.4 Å². The Kier molecular flexibility index (Phi) is 5.30. The molecule has 0 spiro atoms. The molecule has 1 N–H and O–H groups in total. The predicted molar refractivity (Wildman–Crippen MR) is 84.6 cm³/mol. The Labute approximate surface area is 133 Å². The minimum Gasteiger partial charge on any atom is -0.482 e. The van der Waals surface area contributed by atoms with Gasteiger partial charge in [-0.15, -0.1) is 0 Å². The molecule has 23 heavy (non-hydrogen) atoms. The molecule has 0 aliphatic carbocycles. The SMILES string of the molecule is Cc1ccc(COc2ccc(CCC(=O)O)cc2[N+](=O)[O-])cc1. The molecule has 0 saturated carbocycles. The third-order valence-electron chi connectivity index (χ3n) is 3.36. The standard InChI is InChI=1S/C17H17NO5/c1-12-2-4-14(5-3-12)11-23-16-8-6-13(7-9-17(19)20)10-15(16)18(21)22/h2-6,8,10H,7,9,11H2,1H3,(H,19,20). The summed E-state index contributed by atoms with van der Waals surface area (Å²) in [7, 11) is 0. The molecular formula is C17H17NO5. The smallest absolute Gasteiger partial charge is 0.311 e. The van der Waals surface area contributed by atoms with E-state index in [9.17, 15) is 14.9 Å². The van der Waals surface area contributed by atoms with E-state index in [0.29, 0.717) is 5.56 Å². The number of nitro benzene ring substituents is 1. The van der Waals surface area contributed by atoms with E-state index in [0.717, 1.165) is 11.1 Å². The van der Waals surface area contributed by atoms with E-state index in [1.54, 1.807) is 6.07 Å². The van der Waals surface area contributed by atoms with Gasteiger partial charge in [0.05, 0.1) is 4.92 Å². The largest absolute Gasteiger partial charge is 0.482 e. The number of ether oxygens (including phenoxy) is 1. The van der Waals surface area contributed by atoms with Gasteiger partial charge in [-0.05, 0) is 30.5 Å². The summed E-state index contributed by atoms with van der Waals surface area (Å²) in [5.41, 5.74) is 2.49. The second kappa shape index (κ2) is 7.40. The van der Waals surface area contributed by atoms with Crippen LogP contribution in [0.15, 0.2) is 42.5 Å². The predicted octanol–water partition coefficient (Wildman–Crippen LogP) is 3.50. The summed E-state index contributed by atoms with van der Waals surface area (Å²) in [5.74, 6) is -0.762. The lowest BCUT2D eigenvalue weighted by molar-refractivity contribution is -0.386. The van der Waals surface area contributed by atoms with Crippen LogP contribution in [0.1, 0.15) is 23.1 Å². The number of nitrogens with zero attached hydrogens (tertiary/aromatic N) is 1. The topological polar surface area (TPSA) is 89.7 Å². The number of benzene rings is 2. The molecule has 0 unspecified atom stereocenters. The van der Waals surface area contributed by atoms with E-state index < -0.39 is 10.9 Å². The van der Waals surface area contributed by atoms with Crippen LogP contribution in [0.2, 0.25) is 0 Å². The molecule has 0 saturated heterocycles. The molecule has 0 aliphatic heterocycles. The maximum Gasteiger partial charge on any atom is 0.311 e. The van der Waals surface area contributed by atoms with Crippen molar-refractivity contribution in [3.05, 3.63) is 69.3 Å². The molecule has 0 fully saturated rings. The highest BCUT2D eigenvalue weighted by atomic mass is 16.6. The fourth-order valence-electron chi connectivity index (χ4n) is 2.08. The van der Waals surface area contributed by atoms with Crippen molar-refractivity contribution in [3.8, 4) is 5.75 Å². The van der Waals surface area contributed by atoms with Crippen molar-refractivity contribution in [1.82, 2.24) is 0 Å². The summed E-state index contributed by atoms with van der Waals surface area (Å²) >= 11 is 0. The number of carboxylic acids is 1. The Morgan fingerprint density at radius 3 is 2.43 bits per heavy atom. The van der Waals surface area contributed by atoms with Crippen molar-refractivity contribution in [3.63, 3.8) is 0 Å². The monoisotopic (exact) mass is 315 g/mol. The van der Waals surface area contributed by atoms with Crippen LogP contribution in [0.5, 0.6) is 5.75 Å². The normalized spacial score (nSPS) is 10.3. The zero-order valence-corrected chi connectivity index (χ0v) is 12.7. The zero-order chi connectivity index (χ0) is 16.8. The van der Waals surface area contributed by atoms with Gasteiger partial charge in [0, 0.05) is 12.5 Å². The zero-order valence-electron chi connectivity index (χ0n) is 12.7. The lowest BCUT2D eigenvalue weighted by Crippen LogP contribution is -2.01. The molecule has 6 heteroatoms. The third kappa shape index (κ3) is 4.81. The highest BCUT2D eigenvalue weighted by Crippen LogP contribution is 2.29. The second-order valence-corrected chi connectivity index (χ2v) is 5.23. The molecule has 120 valence electrons. The van der Waals surface area contributed by atoms with Crippen LogP contribution in [-0.4, -0.2) is 16.0 Å². The minimum atomic E-state index is -0.938. The molecule has 0 amide bonds. The first kappa shape index (κ1) is 16.5. The van der Waals surface area contributed by atoms with Gasteiger partial charge in [-0.1, -0.05) is 35.9 Å². The Morgan fingerprint density at radius 1 is 1.17 bits per heavy atom. The van der Waals surface area contributed by atoms with E-state index in [1.807, 2.05) is 31.2 Å². The van der Waals surface area contributed by atoms with Crippen LogP contribution in [0.25, 0.3) is 0 Å². The number of hydrogen-bond donors (Lipinski definition) is 1. The molecule has 0 atom stereocenters. The molecular weight excluding hydrogens is 298 g/mol. The number of hydrogen-bond acceptors (Lipinski definition) is 4. The summed E-state index contributed by atoms with van der Waals surface area (Å²) in [6.07, 6.45) is 0.176. The van der Waals surface area contributed by atoms with Gasteiger partial charge in [-0.2, -0.15) is 0 Å². The molecule has 0 heterocycles. The Bertz CT molecular complexity index is 709. The van der Waals surface area contributed by atoms with E-state index in [4.69, 9.17) is 9.84 Å². The van der Waals surface area contributed by atoms with Crippen LogP contribution >= 0.6 is 0 Å². The molecule has 0 aliphatic rings. The number of carbonyl (C=O) groups is 1. The first-order valence-corrected chi connectivity index (χ1v) is 7.13. The van der Waals surface area contributed by atoms with Crippen molar-refractivity contribution >= 4 is 11.7 Å². The van der Waals surface area contributed by atoms with E-state index in [2.05, 4.69) is 0 Å². The van der Waals surface area contributed by atoms with Gasteiger partial charge in [0.2, 0.25) is 0 Å². The first-order chi connectivity index (χ1) is 11.0. The van der Waals surface area contributed by atoms with Gasteiger partial charge in [-0.25, -0.2) is 0 Å². The first-order valence-electron chi connectivity index (χ1n) is 7.13. The molecule has 0 radical (unpaired) electrons. The maximum atomic E-state index is 11.2. The van der Waals surface area contributed by atoms with Gasteiger partial charge in [-0.3, -0.25) is 14.9 Å². The lowest BCUT2D eigenvalue weighted by Gasteiger charge is -2.08. The highest BCUT2D eigenvalue weighted by molar-refractivity contribution is 5.67. The number of carboxylic acid groups (broad SMARTS) is 1. The number of aliphatic carboxylic acids is 1. The van der Waals surface area contributed by atoms with Crippen LogP contribution in [0, 0.1) is 17.0 Å². The Hall–Kier alpha value is -2.89. The van der Waals surface area contributed by atoms with E-state index in [1.165, 1.54) is 12.1 Å². The molecule has 0 bridgehead atoms. The van der Waals surface area contributed by atoms with Gasteiger partial charge in [0.25, 0.3) is 0 Å². The summed E-state index contributed by atoms with van der Waals surface area (Å²) < 4.78 is 5.55. The van der Waals surface area contributed by atoms with Gasteiger partial charge < -0.3 is 9.84 Å². The molecule has 2 rings (SSSR count). The Balaban J connectivity index is 2.12. The van der Waals surface area contributed by atoms with Crippen molar-refractivity contribution in [2.24, 2.45) is 0 Å². The summed E-state index contributed by atoms with van der Waals surface area (Å²) in [6.45, 7) is 2.21. The second-order valence-electron chi connectivity index (χ2n) is 5.23. The van der Waals surface area contributed by atoms with Gasteiger partial charge >= 0.3 is 11.7 Å². The van der Waals surface area contributed by atoms with Crippen LogP contribution < -0.4 is 4.74 Å². The molecule has 2 aromatic carbocycles. The number of nitro groups is 1. The van der Waals surface area contributed by atoms with Crippen LogP contribution in [0.4, 0.5) is 5.69 Å². The average Bonchev–Trinajstić information content (AvgIpc) is 2.52. The summed E-state index contributed by atoms with van der Waals surface area (Å²) in [4.78, 5) is 21.2. The minimum absolute atomic E-state index is 0.0687. The van der Waals surface area contributed by atoms with Crippen molar-refractivity contribution in [2.75, 3.05) is 0 Å². The highest BCUT2D eigenvalue weighted by Gasteiger charge is 2.16. The van der Waals surface area contributed by atoms with Crippen LogP contribution in [-0.2, 0) is 17.8 Å². The quantitative estimate of drug-likeness (QED) is 0.624. The fourth-order valence-corrected chi connectivity index (χ4v) is 2.08. The van der Waals surface area contributed by atoms with Crippen molar-refractivity contribution < 1.29 is 19.6 Å². The maximum absolute atomic E-state index is 11.2. The fraction of sp³-hybridized carbons (Fsp3) is 0.235. The molecule has 0 aromatic heterocycles. The van der Waals surface area contributed by atoms with E-state index in [-0.39, 0.29) is 30.9 Å². The van der Waals surface area contributed by atoms with Crippen LogP contribution in [0.3, 0.4) is 0 Å². The Morgan fingerprint density at radius 2 is 1.83 bits per heavy atom. The van der Waals surface area contributed by atoms with E-state index >= 15 is 0 Å². The third-order valence-corrected chi connectivity index (χ3v) is 3.36. The van der Waals surface area contributed by atoms with Crippen molar-refractivity contribution in [1.29, 1.82) is 0 Å². The number of aryl methyl sites for hydroxylation is 2. The van der Waals surface area contributed by atoms with Gasteiger partial charge in [0.1, 0.15) is 6.61 Å².